The van der Waals surface area contributed by atoms with Gasteiger partial charge in [-0.1, -0.05) is 0 Å². The lowest BCUT2D eigenvalue weighted by Gasteiger charge is -2.19. The van der Waals surface area contributed by atoms with Gasteiger partial charge in [-0.2, -0.15) is 0 Å². The Morgan fingerprint density at radius 2 is 1.85 bits per heavy atom. The summed E-state index contributed by atoms with van der Waals surface area (Å²) in [4.78, 5) is 34.8. The first kappa shape index (κ1) is 20.4. The van der Waals surface area contributed by atoms with Gasteiger partial charge >= 0.3 is 12.1 Å². The van der Waals surface area contributed by atoms with Crippen LogP contribution in [0.3, 0.4) is 0 Å². The summed E-state index contributed by atoms with van der Waals surface area (Å²) in [6.07, 6.45) is -0.690. The van der Waals surface area contributed by atoms with Crippen molar-refractivity contribution in [3.8, 4) is 11.1 Å². The number of hydrogen-bond donors (Lipinski definition) is 1. The van der Waals surface area contributed by atoms with Gasteiger partial charge in [0.1, 0.15) is 16.2 Å². The van der Waals surface area contributed by atoms with Gasteiger partial charge in [0.05, 0.1) is 11.5 Å². The first-order chi connectivity index (χ1) is 12.6. The van der Waals surface area contributed by atoms with Crippen molar-refractivity contribution in [1.29, 1.82) is 0 Å². The molecule has 0 unspecified atom stereocenters. The Morgan fingerprint density at radius 3 is 2.37 bits per heavy atom. The summed E-state index contributed by atoms with van der Waals surface area (Å²) in [5, 5.41) is 15.4. The third-order valence-corrected chi connectivity index (χ3v) is 4.17. The Bertz CT molecular complexity index is 852. The molecule has 0 bridgehead atoms. The molecule has 2 aromatic rings. The Kier molecular flexibility index (Phi) is 6.17. The molecule has 0 aliphatic heterocycles. The monoisotopic (exact) mass is 392 g/mol. The van der Waals surface area contributed by atoms with Crippen LogP contribution in [0.15, 0.2) is 29.6 Å². The van der Waals surface area contributed by atoms with Gasteiger partial charge in [-0.05, 0) is 45.4 Å². The molecule has 0 aliphatic rings. The summed E-state index contributed by atoms with van der Waals surface area (Å²) in [5.74, 6) is -0.599. The molecule has 1 heterocycles. The minimum Gasteiger partial charge on any atom is -0.462 e. The van der Waals surface area contributed by atoms with E-state index in [1.807, 2.05) is 0 Å². The second kappa shape index (κ2) is 8.17. The normalized spacial score (nSPS) is 11.0. The average molecular weight is 392 g/mol. The Morgan fingerprint density at radius 1 is 1.22 bits per heavy atom. The molecule has 0 radical (unpaired) electrons. The van der Waals surface area contributed by atoms with E-state index in [9.17, 15) is 19.7 Å². The molecule has 9 heteroatoms. The summed E-state index contributed by atoms with van der Waals surface area (Å²) in [7, 11) is 0. The van der Waals surface area contributed by atoms with Crippen LogP contribution in [0.25, 0.3) is 11.1 Å². The van der Waals surface area contributed by atoms with E-state index in [1.54, 1.807) is 45.2 Å². The minimum atomic E-state index is -0.690. The fourth-order valence-electron chi connectivity index (χ4n) is 2.23. The summed E-state index contributed by atoms with van der Waals surface area (Å²) < 4.78 is 10.3. The molecule has 144 valence electrons. The van der Waals surface area contributed by atoms with Crippen LogP contribution in [-0.4, -0.2) is 29.2 Å². The first-order valence-electron chi connectivity index (χ1n) is 8.16. The Hall–Kier alpha value is -2.94. The Balaban J connectivity index is 2.40. The number of esters is 1. The van der Waals surface area contributed by atoms with Gasteiger partial charge in [-0.15, -0.1) is 11.3 Å². The Labute approximate surface area is 160 Å². The fraction of sp³-hybridized carbons (Fsp3) is 0.333. The van der Waals surface area contributed by atoms with E-state index in [0.717, 1.165) is 11.3 Å². The highest BCUT2D eigenvalue weighted by atomic mass is 32.1. The molecule has 0 spiro atoms. The zero-order chi connectivity index (χ0) is 20.2. The lowest BCUT2D eigenvalue weighted by atomic mass is 10.0. The number of nitro groups is 1. The number of non-ortho nitro benzene ring substituents is 1. The average Bonchev–Trinajstić information content (AvgIpc) is 2.96. The predicted octanol–water partition coefficient (Wildman–Crippen LogP) is 4.85. The summed E-state index contributed by atoms with van der Waals surface area (Å²) >= 11 is 1.14. The predicted molar refractivity (Wildman–Crippen MR) is 102 cm³/mol. The number of benzene rings is 1. The number of amides is 1. The van der Waals surface area contributed by atoms with E-state index in [1.165, 1.54) is 12.1 Å². The number of ether oxygens (including phenoxy) is 2. The molecule has 1 aromatic carbocycles. The third kappa shape index (κ3) is 5.27. The molecular formula is C18H20N2O6S. The number of carbonyl (C=O) groups excluding carboxylic acids is 2. The molecule has 0 saturated carbocycles. The largest absolute Gasteiger partial charge is 0.462 e. The van der Waals surface area contributed by atoms with Crippen molar-refractivity contribution in [3.05, 3.63) is 45.3 Å². The second-order valence-electron chi connectivity index (χ2n) is 6.50. The molecule has 0 fully saturated rings. The van der Waals surface area contributed by atoms with Gasteiger partial charge < -0.3 is 9.47 Å². The van der Waals surface area contributed by atoms with Crippen LogP contribution >= 0.6 is 11.3 Å². The maximum atomic E-state index is 12.4. The highest BCUT2D eigenvalue weighted by molar-refractivity contribution is 7.15. The van der Waals surface area contributed by atoms with Gasteiger partial charge in [-0.3, -0.25) is 15.4 Å². The minimum absolute atomic E-state index is 0.0567. The molecule has 0 saturated heterocycles. The van der Waals surface area contributed by atoms with Crippen molar-refractivity contribution >= 4 is 34.1 Å². The smallest absolute Gasteiger partial charge is 0.412 e. The SMILES string of the molecule is CCOC(=O)c1c(-c2ccc([N+](=O)[O-])cc2)csc1NC(=O)OC(C)(C)C. The standard InChI is InChI=1S/C18H20N2O6S/c1-5-25-16(21)14-13(11-6-8-12(9-7-11)20(23)24)10-27-15(14)19-17(22)26-18(2,3)4/h6-10H,5H2,1-4H3,(H,19,22). The highest BCUT2D eigenvalue weighted by Crippen LogP contribution is 2.37. The number of hydrogen-bond acceptors (Lipinski definition) is 7. The first-order valence-corrected chi connectivity index (χ1v) is 9.03. The summed E-state index contributed by atoms with van der Waals surface area (Å²) in [6.45, 7) is 7.04. The van der Waals surface area contributed by atoms with Crippen molar-refractivity contribution in [2.75, 3.05) is 11.9 Å². The van der Waals surface area contributed by atoms with Crippen LogP contribution in [0.5, 0.6) is 0 Å². The van der Waals surface area contributed by atoms with Crippen LogP contribution in [0.1, 0.15) is 38.1 Å². The van der Waals surface area contributed by atoms with Crippen molar-refractivity contribution < 1.29 is 24.0 Å². The van der Waals surface area contributed by atoms with Crippen LogP contribution in [-0.2, 0) is 9.47 Å². The van der Waals surface area contributed by atoms with Gasteiger partial charge in [0.2, 0.25) is 0 Å². The quantitative estimate of drug-likeness (QED) is 0.443. The number of anilines is 1. The van der Waals surface area contributed by atoms with Crippen molar-refractivity contribution in [2.24, 2.45) is 0 Å². The third-order valence-electron chi connectivity index (χ3n) is 3.27. The summed E-state index contributed by atoms with van der Waals surface area (Å²) in [6, 6.07) is 5.78. The molecule has 2 rings (SSSR count). The number of nitrogens with zero attached hydrogens (tertiary/aromatic N) is 1. The lowest BCUT2D eigenvalue weighted by Crippen LogP contribution is -2.27. The molecule has 1 aromatic heterocycles. The summed E-state index contributed by atoms with van der Waals surface area (Å²) in [5.41, 5.74) is 0.545. The fourth-order valence-corrected chi connectivity index (χ4v) is 3.17. The molecular weight excluding hydrogens is 372 g/mol. The zero-order valence-electron chi connectivity index (χ0n) is 15.4. The molecule has 0 atom stereocenters. The van der Waals surface area contributed by atoms with E-state index in [-0.39, 0.29) is 22.9 Å². The highest BCUT2D eigenvalue weighted by Gasteiger charge is 2.25. The van der Waals surface area contributed by atoms with Crippen LogP contribution < -0.4 is 5.32 Å². The van der Waals surface area contributed by atoms with Gasteiger partial charge in [-0.25, -0.2) is 9.59 Å². The van der Waals surface area contributed by atoms with Crippen molar-refractivity contribution in [2.45, 2.75) is 33.3 Å². The van der Waals surface area contributed by atoms with E-state index in [0.29, 0.717) is 11.1 Å². The lowest BCUT2D eigenvalue weighted by molar-refractivity contribution is -0.384. The molecule has 27 heavy (non-hydrogen) atoms. The van der Waals surface area contributed by atoms with Crippen molar-refractivity contribution in [3.63, 3.8) is 0 Å². The number of nitro benzene ring substituents is 1. The number of thiophene rings is 1. The molecule has 8 nitrogen and oxygen atoms in total. The van der Waals surface area contributed by atoms with E-state index in [4.69, 9.17) is 9.47 Å². The molecule has 1 N–H and O–H groups in total. The zero-order valence-corrected chi connectivity index (χ0v) is 16.2. The maximum Gasteiger partial charge on any atom is 0.412 e. The van der Waals surface area contributed by atoms with Gasteiger partial charge in [0.25, 0.3) is 5.69 Å². The van der Waals surface area contributed by atoms with Crippen LogP contribution in [0, 0.1) is 10.1 Å². The number of rotatable bonds is 5. The topological polar surface area (TPSA) is 108 Å². The van der Waals surface area contributed by atoms with E-state index >= 15 is 0 Å². The maximum absolute atomic E-state index is 12.4. The number of nitrogens with one attached hydrogen (secondary N) is 1. The second-order valence-corrected chi connectivity index (χ2v) is 7.38. The van der Waals surface area contributed by atoms with Crippen LogP contribution in [0.2, 0.25) is 0 Å². The van der Waals surface area contributed by atoms with Crippen LogP contribution in [0.4, 0.5) is 15.5 Å². The molecule has 1 amide bonds. The van der Waals surface area contributed by atoms with Crippen molar-refractivity contribution in [1.82, 2.24) is 0 Å². The van der Waals surface area contributed by atoms with Gasteiger partial charge in [0, 0.05) is 23.1 Å². The van der Waals surface area contributed by atoms with E-state index < -0.39 is 22.6 Å². The van der Waals surface area contributed by atoms with E-state index in [2.05, 4.69) is 5.32 Å². The van der Waals surface area contributed by atoms with Gasteiger partial charge in [0.15, 0.2) is 0 Å². The molecule has 0 aliphatic carbocycles. The number of carbonyl (C=O) groups is 2.